The van der Waals surface area contributed by atoms with Crippen LogP contribution in [-0.4, -0.2) is 0 Å². The number of hydrogen-bond acceptors (Lipinski definition) is 0. The molecule has 0 nitrogen and oxygen atoms in total. The molecule has 0 saturated heterocycles. The van der Waals surface area contributed by atoms with Gasteiger partial charge in [0.25, 0.3) is 0 Å². The fourth-order valence-electron chi connectivity index (χ4n) is 3.40. The number of aryl methyl sites for hydroxylation is 1. The second kappa shape index (κ2) is 6.20. The molecule has 0 bridgehead atoms. The quantitative estimate of drug-likeness (QED) is 0.595. The maximum Gasteiger partial charge on any atom is 0.166 e. The topological polar surface area (TPSA) is 0 Å². The van der Waals surface area contributed by atoms with E-state index >= 15 is 0 Å². The molecule has 2 heteroatoms. The van der Waals surface area contributed by atoms with Crippen molar-refractivity contribution in [3.05, 3.63) is 59.2 Å². The molecule has 0 radical (unpaired) electrons. The van der Waals surface area contributed by atoms with E-state index in [1.54, 1.807) is 19.1 Å². The Kier molecular flexibility index (Phi) is 4.28. The molecule has 0 N–H and O–H groups in total. The van der Waals surface area contributed by atoms with E-state index in [1.807, 2.05) is 12.1 Å². The molecule has 0 amide bonds. The average Bonchev–Trinajstić information content (AvgIpc) is 2.54. The third kappa shape index (κ3) is 2.92. The summed E-state index contributed by atoms with van der Waals surface area (Å²) in [6.07, 6.45) is 5.02. The minimum Gasteiger partial charge on any atom is -0.203 e. The van der Waals surface area contributed by atoms with E-state index < -0.39 is 11.6 Å². The third-order valence-corrected chi connectivity index (χ3v) is 4.98. The predicted molar refractivity (Wildman–Crippen MR) is 89.0 cm³/mol. The van der Waals surface area contributed by atoms with Gasteiger partial charge in [0.15, 0.2) is 11.6 Å². The zero-order valence-corrected chi connectivity index (χ0v) is 13.2. The molecule has 1 aliphatic carbocycles. The normalized spacial score (nSPS) is 21.8. The molecule has 2 aromatic carbocycles. The Morgan fingerprint density at radius 3 is 2.14 bits per heavy atom. The fraction of sp³-hybridized carbons (Fsp3) is 0.400. The average molecular weight is 302 g/mol. The molecule has 22 heavy (non-hydrogen) atoms. The van der Waals surface area contributed by atoms with Gasteiger partial charge in [-0.2, -0.15) is 0 Å². The van der Waals surface area contributed by atoms with Crippen molar-refractivity contribution in [1.29, 1.82) is 0 Å². The highest BCUT2D eigenvalue weighted by Crippen LogP contribution is 2.36. The summed E-state index contributed by atoms with van der Waals surface area (Å²) in [6.45, 7) is 3.89. The van der Waals surface area contributed by atoms with Crippen LogP contribution in [0.25, 0.3) is 11.1 Å². The minimum atomic E-state index is -0.751. The molecule has 118 valence electrons. The van der Waals surface area contributed by atoms with Crippen LogP contribution in [-0.2, 0) is 0 Å². The summed E-state index contributed by atoms with van der Waals surface area (Å²) in [5.74, 6) is -0.0490. The Balaban J connectivity index is 0.00000192. The van der Waals surface area contributed by atoms with Crippen molar-refractivity contribution >= 4 is 0 Å². The molecule has 3 rings (SSSR count). The molecule has 2 aromatic rings. The Morgan fingerprint density at radius 2 is 1.50 bits per heavy atom. The zero-order chi connectivity index (χ0) is 15.7. The van der Waals surface area contributed by atoms with Crippen LogP contribution in [0, 0.1) is 24.5 Å². The van der Waals surface area contributed by atoms with Gasteiger partial charge in [-0.3, -0.25) is 0 Å². The molecule has 0 aliphatic heterocycles. The van der Waals surface area contributed by atoms with E-state index in [0.29, 0.717) is 17.0 Å². The van der Waals surface area contributed by atoms with Gasteiger partial charge in [-0.05, 0) is 48.3 Å². The highest BCUT2D eigenvalue weighted by Gasteiger charge is 2.20. The molecule has 0 aromatic heterocycles. The zero-order valence-electron chi connectivity index (χ0n) is 13.2. The first kappa shape index (κ1) is 15.2. The van der Waals surface area contributed by atoms with Crippen molar-refractivity contribution in [2.45, 2.75) is 45.4 Å². The number of benzene rings is 2. The molecule has 0 heterocycles. The van der Waals surface area contributed by atoms with Gasteiger partial charge in [-0.25, -0.2) is 8.78 Å². The van der Waals surface area contributed by atoms with E-state index in [9.17, 15) is 8.78 Å². The van der Waals surface area contributed by atoms with Crippen LogP contribution in [0.15, 0.2) is 36.4 Å². The van der Waals surface area contributed by atoms with Gasteiger partial charge in [-0.15, -0.1) is 0 Å². The highest BCUT2D eigenvalue weighted by molar-refractivity contribution is 5.65. The number of rotatable bonds is 2. The smallest absolute Gasteiger partial charge is 0.166 e. The number of halogens is 2. The summed E-state index contributed by atoms with van der Waals surface area (Å²) in [6, 6.07) is 11.3. The van der Waals surface area contributed by atoms with Crippen LogP contribution in [0.1, 0.15) is 51.1 Å². The van der Waals surface area contributed by atoms with Crippen molar-refractivity contribution in [3.8, 4) is 11.1 Å². The Bertz CT molecular complexity index is 656. The standard InChI is InChI=1S/C20H22F2.H2/c1-13-3-6-15(7-4-13)16-8-10-17(11-9-16)18-12-5-14(2)19(21)20(18)22;/h5,8-13,15H,3-4,6-7H2,1-2H3;1H. The van der Waals surface area contributed by atoms with E-state index in [4.69, 9.17) is 0 Å². The first-order chi connectivity index (χ1) is 10.6. The van der Waals surface area contributed by atoms with Crippen molar-refractivity contribution in [2.24, 2.45) is 5.92 Å². The largest absolute Gasteiger partial charge is 0.203 e. The number of hydrogen-bond donors (Lipinski definition) is 0. The molecule has 1 fully saturated rings. The Hall–Kier alpha value is -1.70. The summed E-state index contributed by atoms with van der Waals surface area (Å²) in [7, 11) is 0. The first-order valence-corrected chi connectivity index (χ1v) is 8.11. The van der Waals surface area contributed by atoms with Gasteiger partial charge >= 0.3 is 0 Å². The van der Waals surface area contributed by atoms with E-state index in [1.165, 1.54) is 31.2 Å². The lowest BCUT2D eigenvalue weighted by Gasteiger charge is -2.26. The molecule has 0 atom stereocenters. The van der Waals surface area contributed by atoms with Gasteiger partial charge in [-0.1, -0.05) is 56.2 Å². The van der Waals surface area contributed by atoms with Crippen molar-refractivity contribution in [3.63, 3.8) is 0 Å². The molecule has 0 spiro atoms. The second-order valence-corrected chi connectivity index (χ2v) is 6.64. The lowest BCUT2D eigenvalue weighted by molar-refractivity contribution is 0.348. The van der Waals surface area contributed by atoms with Crippen molar-refractivity contribution in [2.75, 3.05) is 0 Å². The van der Waals surface area contributed by atoms with Crippen LogP contribution in [0.3, 0.4) is 0 Å². The summed E-state index contributed by atoms with van der Waals surface area (Å²) in [5.41, 5.74) is 2.74. The van der Waals surface area contributed by atoms with E-state index in [0.717, 1.165) is 11.5 Å². The lowest BCUT2D eigenvalue weighted by Crippen LogP contribution is -2.10. The van der Waals surface area contributed by atoms with E-state index in [2.05, 4.69) is 19.1 Å². The van der Waals surface area contributed by atoms with Crippen molar-refractivity contribution < 1.29 is 10.2 Å². The maximum atomic E-state index is 14.1. The monoisotopic (exact) mass is 302 g/mol. The van der Waals surface area contributed by atoms with Gasteiger partial charge in [0.05, 0.1) is 0 Å². The van der Waals surface area contributed by atoms with Gasteiger partial charge in [0.2, 0.25) is 0 Å². The van der Waals surface area contributed by atoms with Crippen molar-refractivity contribution in [1.82, 2.24) is 0 Å². The van der Waals surface area contributed by atoms with Gasteiger partial charge in [0, 0.05) is 6.99 Å². The molecule has 1 saturated carbocycles. The van der Waals surface area contributed by atoms with E-state index in [-0.39, 0.29) is 1.43 Å². The highest BCUT2D eigenvalue weighted by atomic mass is 19.2. The summed E-state index contributed by atoms with van der Waals surface area (Å²) in [5, 5.41) is 0. The lowest BCUT2D eigenvalue weighted by atomic mass is 9.79. The van der Waals surface area contributed by atoms with Gasteiger partial charge in [0.1, 0.15) is 0 Å². The summed E-state index contributed by atoms with van der Waals surface area (Å²) >= 11 is 0. The molecular weight excluding hydrogens is 278 g/mol. The third-order valence-electron chi connectivity index (χ3n) is 4.98. The SMILES string of the molecule is Cc1ccc(-c2ccc(C3CCC(C)CC3)cc2)c(F)c1F.[HH]. The molecule has 1 aliphatic rings. The van der Waals surface area contributed by atoms with Crippen LogP contribution in [0.2, 0.25) is 0 Å². The van der Waals surface area contributed by atoms with Gasteiger partial charge < -0.3 is 0 Å². The summed E-state index contributed by atoms with van der Waals surface area (Å²) < 4.78 is 27.8. The minimum absolute atomic E-state index is 0. The second-order valence-electron chi connectivity index (χ2n) is 6.64. The van der Waals surface area contributed by atoms with Crippen LogP contribution in [0.4, 0.5) is 8.78 Å². The molecule has 0 unspecified atom stereocenters. The fourth-order valence-corrected chi connectivity index (χ4v) is 3.40. The predicted octanol–water partition coefficient (Wildman–Crippen LogP) is 6.48. The van der Waals surface area contributed by atoms with Crippen LogP contribution in [0.5, 0.6) is 0 Å². The molecular formula is C20H24F2. The van der Waals surface area contributed by atoms with Crippen LogP contribution >= 0.6 is 0 Å². The maximum absolute atomic E-state index is 14.1. The Morgan fingerprint density at radius 1 is 0.864 bits per heavy atom. The first-order valence-electron chi connectivity index (χ1n) is 8.11. The Labute approximate surface area is 132 Å². The summed E-state index contributed by atoms with van der Waals surface area (Å²) in [4.78, 5) is 0. The van der Waals surface area contributed by atoms with Crippen LogP contribution < -0.4 is 0 Å².